The van der Waals surface area contributed by atoms with Crippen molar-refractivity contribution in [2.75, 3.05) is 11.9 Å². The first kappa shape index (κ1) is 13.7. The molecule has 2 rings (SSSR count). The number of aromatic hydroxyl groups is 1. The summed E-state index contributed by atoms with van der Waals surface area (Å²) < 4.78 is 5.17. The predicted molar refractivity (Wildman–Crippen MR) is 76.6 cm³/mol. The van der Waals surface area contributed by atoms with Crippen LogP contribution in [0.1, 0.15) is 5.56 Å². The van der Waals surface area contributed by atoms with Gasteiger partial charge in [0.1, 0.15) is 11.5 Å². The van der Waals surface area contributed by atoms with Crippen molar-refractivity contribution in [3.63, 3.8) is 0 Å². The molecule has 0 bridgehead atoms. The van der Waals surface area contributed by atoms with E-state index in [0.29, 0.717) is 12.3 Å². The molecule has 1 amide bonds. The zero-order chi connectivity index (χ0) is 14.4. The van der Waals surface area contributed by atoms with E-state index in [4.69, 9.17) is 10.5 Å². The van der Waals surface area contributed by atoms with Gasteiger partial charge in [-0.15, -0.1) is 0 Å². The molecule has 2 aromatic rings. The van der Waals surface area contributed by atoms with Crippen LogP contribution in [-0.4, -0.2) is 17.6 Å². The van der Waals surface area contributed by atoms with E-state index in [1.54, 1.807) is 30.3 Å². The lowest BCUT2D eigenvalue weighted by atomic mass is 10.2. The highest BCUT2D eigenvalue weighted by atomic mass is 16.5. The summed E-state index contributed by atoms with van der Waals surface area (Å²) in [5, 5.41) is 12.6. The SMILES string of the molecule is NC(=O)COc1ccc(CNc2cccc(O)c2)cc1. The van der Waals surface area contributed by atoms with Gasteiger partial charge in [0, 0.05) is 18.3 Å². The summed E-state index contributed by atoms with van der Waals surface area (Å²) in [5.74, 6) is 0.328. The summed E-state index contributed by atoms with van der Waals surface area (Å²) >= 11 is 0. The van der Waals surface area contributed by atoms with Crippen LogP contribution in [0.5, 0.6) is 11.5 Å². The number of hydrogen-bond acceptors (Lipinski definition) is 4. The van der Waals surface area contributed by atoms with Gasteiger partial charge in [-0.2, -0.15) is 0 Å². The van der Waals surface area contributed by atoms with Gasteiger partial charge in [0.2, 0.25) is 0 Å². The van der Waals surface area contributed by atoms with Gasteiger partial charge in [0.15, 0.2) is 6.61 Å². The van der Waals surface area contributed by atoms with E-state index in [0.717, 1.165) is 11.3 Å². The molecule has 20 heavy (non-hydrogen) atoms. The number of carbonyl (C=O) groups is 1. The maximum atomic E-state index is 10.6. The number of carbonyl (C=O) groups excluding carboxylic acids is 1. The summed E-state index contributed by atoms with van der Waals surface area (Å²) in [6, 6.07) is 14.3. The van der Waals surface area contributed by atoms with Crippen molar-refractivity contribution >= 4 is 11.6 Å². The molecule has 0 aromatic heterocycles. The lowest BCUT2D eigenvalue weighted by Crippen LogP contribution is -2.19. The van der Waals surface area contributed by atoms with E-state index in [-0.39, 0.29) is 12.4 Å². The standard InChI is InChI=1S/C15H16N2O3/c16-15(19)10-20-14-6-4-11(5-7-14)9-17-12-2-1-3-13(18)8-12/h1-8,17-18H,9-10H2,(H2,16,19). The van der Waals surface area contributed by atoms with Gasteiger partial charge in [-0.25, -0.2) is 0 Å². The van der Waals surface area contributed by atoms with Gasteiger partial charge in [-0.3, -0.25) is 4.79 Å². The molecule has 4 N–H and O–H groups in total. The van der Waals surface area contributed by atoms with Crippen LogP contribution in [0.15, 0.2) is 48.5 Å². The van der Waals surface area contributed by atoms with Gasteiger partial charge in [0.05, 0.1) is 0 Å². The van der Waals surface area contributed by atoms with Crippen LogP contribution in [0, 0.1) is 0 Å². The average Bonchev–Trinajstić information content (AvgIpc) is 2.44. The van der Waals surface area contributed by atoms with Crippen LogP contribution in [0.25, 0.3) is 0 Å². The molecule has 0 atom stereocenters. The molecule has 0 saturated carbocycles. The number of benzene rings is 2. The van der Waals surface area contributed by atoms with E-state index < -0.39 is 5.91 Å². The van der Waals surface area contributed by atoms with Crippen LogP contribution < -0.4 is 15.8 Å². The Labute approximate surface area is 117 Å². The molecule has 5 heteroatoms. The number of nitrogens with one attached hydrogen (secondary N) is 1. The number of primary amides is 1. The normalized spacial score (nSPS) is 10.0. The summed E-state index contributed by atoms with van der Waals surface area (Å²) in [6.45, 7) is 0.500. The van der Waals surface area contributed by atoms with E-state index in [1.807, 2.05) is 18.2 Å². The number of phenolic OH excluding ortho intramolecular Hbond substituents is 1. The van der Waals surface area contributed by atoms with Crippen LogP contribution in [0.2, 0.25) is 0 Å². The lowest BCUT2D eigenvalue weighted by molar-refractivity contribution is -0.119. The Kier molecular flexibility index (Phi) is 4.44. The van der Waals surface area contributed by atoms with Gasteiger partial charge >= 0.3 is 0 Å². The minimum Gasteiger partial charge on any atom is -0.508 e. The third-order valence-electron chi connectivity index (χ3n) is 2.65. The number of phenols is 1. The second-order valence-electron chi connectivity index (χ2n) is 4.30. The van der Waals surface area contributed by atoms with Crippen molar-refractivity contribution in [1.82, 2.24) is 0 Å². The number of hydrogen-bond donors (Lipinski definition) is 3. The molecule has 5 nitrogen and oxygen atoms in total. The molecule has 104 valence electrons. The fourth-order valence-electron chi connectivity index (χ4n) is 1.68. The molecule has 0 aliphatic rings. The third kappa shape index (κ3) is 4.20. The first-order valence-electron chi connectivity index (χ1n) is 6.16. The zero-order valence-corrected chi connectivity index (χ0v) is 10.9. The number of anilines is 1. The number of nitrogens with two attached hydrogens (primary N) is 1. The number of ether oxygens (including phenoxy) is 1. The van der Waals surface area contributed by atoms with E-state index >= 15 is 0 Å². The Bertz CT molecular complexity index is 582. The monoisotopic (exact) mass is 272 g/mol. The highest BCUT2D eigenvalue weighted by Gasteiger charge is 1.99. The van der Waals surface area contributed by atoms with Gasteiger partial charge in [-0.05, 0) is 29.8 Å². The fraction of sp³-hybridized carbons (Fsp3) is 0.133. The van der Waals surface area contributed by atoms with Crippen LogP contribution in [0.4, 0.5) is 5.69 Å². The summed E-state index contributed by atoms with van der Waals surface area (Å²) in [7, 11) is 0. The van der Waals surface area contributed by atoms with Crippen LogP contribution in [0.3, 0.4) is 0 Å². The molecular formula is C15H16N2O3. The molecule has 0 radical (unpaired) electrons. The van der Waals surface area contributed by atoms with Gasteiger partial charge < -0.3 is 20.9 Å². The number of rotatable bonds is 6. The Morgan fingerprint density at radius 3 is 2.60 bits per heavy atom. The molecule has 2 aromatic carbocycles. The first-order chi connectivity index (χ1) is 9.63. The van der Waals surface area contributed by atoms with Gasteiger partial charge in [-0.1, -0.05) is 18.2 Å². The molecule has 0 aliphatic carbocycles. The lowest BCUT2D eigenvalue weighted by Gasteiger charge is -2.08. The molecule has 0 fully saturated rings. The summed E-state index contributed by atoms with van der Waals surface area (Å²) in [6.07, 6.45) is 0. The molecule has 0 spiro atoms. The molecule has 0 aliphatic heterocycles. The van der Waals surface area contributed by atoms with Gasteiger partial charge in [0.25, 0.3) is 5.91 Å². The molecular weight excluding hydrogens is 256 g/mol. The maximum absolute atomic E-state index is 10.6. The molecule has 0 saturated heterocycles. The van der Waals surface area contributed by atoms with Crippen molar-refractivity contribution in [2.45, 2.75) is 6.54 Å². The van der Waals surface area contributed by atoms with Crippen molar-refractivity contribution in [2.24, 2.45) is 5.73 Å². The fourth-order valence-corrected chi connectivity index (χ4v) is 1.68. The van der Waals surface area contributed by atoms with Crippen LogP contribution in [-0.2, 0) is 11.3 Å². The smallest absolute Gasteiger partial charge is 0.255 e. The maximum Gasteiger partial charge on any atom is 0.255 e. The second-order valence-corrected chi connectivity index (χ2v) is 4.30. The summed E-state index contributed by atoms with van der Waals surface area (Å²) in [4.78, 5) is 10.6. The topological polar surface area (TPSA) is 84.6 Å². The first-order valence-corrected chi connectivity index (χ1v) is 6.16. The Morgan fingerprint density at radius 2 is 1.95 bits per heavy atom. The zero-order valence-electron chi connectivity index (χ0n) is 10.9. The second kappa shape index (κ2) is 6.47. The Morgan fingerprint density at radius 1 is 1.20 bits per heavy atom. The quantitative estimate of drug-likeness (QED) is 0.749. The average molecular weight is 272 g/mol. The molecule has 0 heterocycles. The van der Waals surface area contributed by atoms with Crippen molar-refractivity contribution in [3.05, 3.63) is 54.1 Å². The minimum absolute atomic E-state index is 0.124. The van der Waals surface area contributed by atoms with Crippen molar-refractivity contribution < 1.29 is 14.6 Å². The largest absolute Gasteiger partial charge is 0.508 e. The number of amides is 1. The summed E-state index contributed by atoms with van der Waals surface area (Å²) in [5.41, 5.74) is 6.90. The van der Waals surface area contributed by atoms with Crippen LogP contribution >= 0.6 is 0 Å². The van der Waals surface area contributed by atoms with E-state index in [2.05, 4.69) is 5.32 Å². The Balaban J connectivity index is 1.89. The predicted octanol–water partition coefficient (Wildman–Crippen LogP) is 1.87. The molecule has 0 unspecified atom stereocenters. The van der Waals surface area contributed by atoms with Crippen molar-refractivity contribution in [3.8, 4) is 11.5 Å². The highest BCUT2D eigenvalue weighted by molar-refractivity contribution is 5.75. The van der Waals surface area contributed by atoms with Crippen molar-refractivity contribution in [1.29, 1.82) is 0 Å². The van der Waals surface area contributed by atoms with E-state index in [9.17, 15) is 9.90 Å². The van der Waals surface area contributed by atoms with E-state index in [1.165, 1.54) is 0 Å². The Hall–Kier alpha value is -2.69. The minimum atomic E-state index is -0.500. The highest BCUT2D eigenvalue weighted by Crippen LogP contribution is 2.17. The third-order valence-corrected chi connectivity index (χ3v) is 2.65.